The molecular formula is C15H23N3O4. The van der Waals surface area contributed by atoms with Crippen molar-refractivity contribution in [1.29, 1.82) is 0 Å². The number of ether oxygens (including phenoxy) is 1. The number of nitrogens with one attached hydrogen (secondary N) is 2. The fraction of sp³-hybridized carbons (Fsp3) is 0.533. The quantitative estimate of drug-likeness (QED) is 0.743. The molecule has 0 bridgehead atoms. The summed E-state index contributed by atoms with van der Waals surface area (Å²) in [5.74, 6) is -0.914. The molecule has 0 spiro atoms. The molecule has 7 heteroatoms. The van der Waals surface area contributed by atoms with Crippen LogP contribution in [-0.2, 0) is 16.0 Å². The van der Waals surface area contributed by atoms with Crippen molar-refractivity contribution in [2.24, 2.45) is 0 Å². The van der Waals surface area contributed by atoms with Crippen molar-refractivity contribution < 1.29 is 19.4 Å². The Hall–Kier alpha value is -2.31. The first-order chi connectivity index (χ1) is 10.2. The van der Waals surface area contributed by atoms with Gasteiger partial charge in [0.25, 0.3) is 0 Å². The standard InChI is InChI=1S/C15H23N3O4/c1-10(18-14(21)22-15(2,3)4)8-16-12-6-5-11(17-9-12)7-13(19)20/h5-6,9-10,16H,7-8H2,1-4H3,(H,18,21)(H,19,20). The maximum Gasteiger partial charge on any atom is 0.407 e. The maximum atomic E-state index is 11.6. The zero-order valence-corrected chi connectivity index (χ0v) is 13.3. The molecule has 1 heterocycles. The molecular weight excluding hydrogens is 286 g/mol. The van der Waals surface area contributed by atoms with Crippen LogP contribution in [0.2, 0.25) is 0 Å². The highest BCUT2D eigenvalue weighted by Crippen LogP contribution is 2.08. The number of rotatable bonds is 6. The lowest BCUT2D eigenvalue weighted by molar-refractivity contribution is -0.136. The van der Waals surface area contributed by atoms with E-state index in [0.717, 1.165) is 5.69 Å². The van der Waals surface area contributed by atoms with Gasteiger partial charge in [-0.3, -0.25) is 9.78 Å². The molecule has 0 saturated carbocycles. The van der Waals surface area contributed by atoms with Crippen LogP contribution in [0.15, 0.2) is 18.3 Å². The molecule has 1 atom stereocenters. The van der Waals surface area contributed by atoms with Gasteiger partial charge < -0.3 is 20.5 Å². The van der Waals surface area contributed by atoms with E-state index in [1.807, 2.05) is 6.92 Å². The molecule has 0 aromatic carbocycles. The first kappa shape index (κ1) is 17.7. The van der Waals surface area contributed by atoms with Gasteiger partial charge in [0.2, 0.25) is 0 Å². The van der Waals surface area contributed by atoms with Crippen LogP contribution in [0.3, 0.4) is 0 Å². The first-order valence-corrected chi connectivity index (χ1v) is 7.06. The maximum absolute atomic E-state index is 11.6. The Balaban J connectivity index is 2.39. The Kier molecular flexibility index (Phi) is 6.15. The number of amides is 1. The highest BCUT2D eigenvalue weighted by molar-refractivity contribution is 5.69. The Bertz CT molecular complexity index is 509. The van der Waals surface area contributed by atoms with Crippen LogP contribution in [0.4, 0.5) is 10.5 Å². The molecule has 0 aliphatic carbocycles. The molecule has 122 valence electrons. The lowest BCUT2D eigenvalue weighted by Gasteiger charge is -2.22. The van der Waals surface area contributed by atoms with Crippen molar-refractivity contribution in [3.8, 4) is 0 Å². The van der Waals surface area contributed by atoms with E-state index in [0.29, 0.717) is 12.2 Å². The number of carboxylic acids is 1. The largest absolute Gasteiger partial charge is 0.481 e. The number of carboxylic acid groups (broad SMARTS) is 1. The monoisotopic (exact) mass is 309 g/mol. The molecule has 0 radical (unpaired) electrons. The van der Waals surface area contributed by atoms with Gasteiger partial charge in [-0.25, -0.2) is 4.79 Å². The summed E-state index contributed by atoms with van der Waals surface area (Å²) in [7, 11) is 0. The Labute approximate surface area is 130 Å². The van der Waals surface area contributed by atoms with Gasteiger partial charge in [-0.1, -0.05) is 0 Å². The van der Waals surface area contributed by atoms with Crippen molar-refractivity contribution in [1.82, 2.24) is 10.3 Å². The average Bonchev–Trinajstić information content (AvgIpc) is 2.34. The molecule has 22 heavy (non-hydrogen) atoms. The van der Waals surface area contributed by atoms with Gasteiger partial charge in [0.1, 0.15) is 5.60 Å². The number of nitrogens with zero attached hydrogens (tertiary/aromatic N) is 1. The van der Waals surface area contributed by atoms with Gasteiger partial charge in [-0.05, 0) is 39.8 Å². The van der Waals surface area contributed by atoms with Gasteiger partial charge in [0.05, 0.1) is 24.0 Å². The van der Waals surface area contributed by atoms with E-state index >= 15 is 0 Å². The fourth-order valence-corrected chi connectivity index (χ4v) is 1.62. The molecule has 0 aliphatic rings. The summed E-state index contributed by atoms with van der Waals surface area (Å²) >= 11 is 0. The van der Waals surface area contributed by atoms with Crippen LogP contribution in [0.25, 0.3) is 0 Å². The highest BCUT2D eigenvalue weighted by Gasteiger charge is 2.17. The van der Waals surface area contributed by atoms with Crippen LogP contribution >= 0.6 is 0 Å². The Morgan fingerprint density at radius 2 is 2.05 bits per heavy atom. The highest BCUT2D eigenvalue weighted by atomic mass is 16.6. The predicted molar refractivity (Wildman–Crippen MR) is 82.9 cm³/mol. The van der Waals surface area contributed by atoms with Gasteiger partial charge >= 0.3 is 12.1 Å². The Morgan fingerprint density at radius 3 is 2.55 bits per heavy atom. The van der Waals surface area contributed by atoms with Crippen LogP contribution in [0.5, 0.6) is 0 Å². The van der Waals surface area contributed by atoms with Gasteiger partial charge in [-0.2, -0.15) is 0 Å². The minimum atomic E-state index is -0.914. The number of aliphatic carboxylic acids is 1. The normalized spacial score (nSPS) is 12.4. The van der Waals surface area contributed by atoms with Crippen molar-refractivity contribution in [2.75, 3.05) is 11.9 Å². The molecule has 0 aliphatic heterocycles. The first-order valence-electron chi connectivity index (χ1n) is 7.06. The van der Waals surface area contributed by atoms with Crippen LogP contribution in [0.1, 0.15) is 33.4 Å². The van der Waals surface area contributed by atoms with Crippen molar-refractivity contribution in [2.45, 2.75) is 45.8 Å². The second-order valence-electron chi connectivity index (χ2n) is 6.04. The molecule has 1 rings (SSSR count). The second kappa shape index (κ2) is 7.63. The van der Waals surface area contributed by atoms with E-state index in [1.165, 1.54) is 0 Å². The Morgan fingerprint density at radius 1 is 1.36 bits per heavy atom. The topological polar surface area (TPSA) is 101 Å². The molecule has 1 aromatic heterocycles. The van der Waals surface area contributed by atoms with E-state index in [2.05, 4.69) is 15.6 Å². The summed E-state index contributed by atoms with van der Waals surface area (Å²) in [4.78, 5) is 26.2. The van der Waals surface area contributed by atoms with Crippen molar-refractivity contribution >= 4 is 17.7 Å². The second-order valence-corrected chi connectivity index (χ2v) is 6.04. The number of aromatic nitrogens is 1. The molecule has 1 amide bonds. The molecule has 3 N–H and O–H groups in total. The molecule has 0 saturated heterocycles. The zero-order chi connectivity index (χ0) is 16.8. The smallest absolute Gasteiger partial charge is 0.407 e. The summed E-state index contributed by atoms with van der Waals surface area (Å²) in [6.07, 6.45) is 1.01. The average molecular weight is 309 g/mol. The number of hydrogen-bond acceptors (Lipinski definition) is 5. The minimum absolute atomic E-state index is 0.100. The van der Waals surface area contributed by atoms with Gasteiger partial charge in [-0.15, -0.1) is 0 Å². The number of hydrogen-bond donors (Lipinski definition) is 3. The summed E-state index contributed by atoms with van der Waals surface area (Å²) in [6, 6.07) is 3.28. The van der Waals surface area contributed by atoms with E-state index in [9.17, 15) is 9.59 Å². The predicted octanol–water partition coefficient (Wildman–Crippen LogP) is 2.03. The number of alkyl carbamates (subject to hydrolysis) is 1. The van der Waals surface area contributed by atoms with E-state index in [-0.39, 0.29) is 12.5 Å². The summed E-state index contributed by atoms with van der Waals surface area (Å²) in [6.45, 7) is 7.77. The molecule has 1 aromatic rings. The number of carbonyl (C=O) groups is 2. The van der Waals surface area contributed by atoms with Crippen molar-refractivity contribution in [3.05, 3.63) is 24.0 Å². The number of carbonyl (C=O) groups excluding carboxylic acids is 1. The molecule has 1 unspecified atom stereocenters. The minimum Gasteiger partial charge on any atom is -0.481 e. The third-order valence-electron chi connectivity index (χ3n) is 2.53. The van der Waals surface area contributed by atoms with Crippen LogP contribution in [-0.4, -0.2) is 40.3 Å². The summed E-state index contributed by atoms with van der Waals surface area (Å²) in [5.41, 5.74) is 0.728. The molecule has 7 nitrogen and oxygen atoms in total. The number of anilines is 1. The zero-order valence-electron chi connectivity index (χ0n) is 13.3. The molecule has 0 fully saturated rings. The SMILES string of the molecule is CC(CNc1ccc(CC(=O)O)nc1)NC(=O)OC(C)(C)C. The third-order valence-corrected chi connectivity index (χ3v) is 2.53. The lowest BCUT2D eigenvalue weighted by Crippen LogP contribution is -2.40. The summed E-state index contributed by atoms with van der Waals surface area (Å²) < 4.78 is 5.17. The third kappa shape index (κ3) is 7.47. The van der Waals surface area contributed by atoms with Crippen LogP contribution in [0, 0.1) is 0 Å². The van der Waals surface area contributed by atoms with E-state index in [4.69, 9.17) is 9.84 Å². The fourth-order valence-electron chi connectivity index (χ4n) is 1.62. The summed E-state index contributed by atoms with van der Waals surface area (Å²) in [5, 5.41) is 14.5. The lowest BCUT2D eigenvalue weighted by atomic mass is 10.2. The number of pyridine rings is 1. The van der Waals surface area contributed by atoms with Gasteiger partial charge in [0, 0.05) is 12.6 Å². The van der Waals surface area contributed by atoms with Crippen LogP contribution < -0.4 is 10.6 Å². The van der Waals surface area contributed by atoms with Crippen molar-refractivity contribution in [3.63, 3.8) is 0 Å². The van der Waals surface area contributed by atoms with E-state index < -0.39 is 17.7 Å². The van der Waals surface area contributed by atoms with Gasteiger partial charge in [0.15, 0.2) is 0 Å². The van der Waals surface area contributed by atoms with E-state index in [1.54, 1.807) is 39.1 Å².